The summed E-state index contributed by atoms with van der Waals surface area (Å²) in [5.74, 6) is 0.559. The number of benzene rings is 1. The van der Waals surface area contributed by atoms with Crippen molar-refractivity contribution in [2.45, 2.75) is 19.8 Å². The van der Waals surface area contributed by atoms with Gasteiger partial charge >= 0.3 is 0 Å². The zero-order valence-corrected chi connectivity index (χ0v) is 12.6. The van der Waals surface area contributed by atoms with Crippen LogP contribution in [-0.2, 0) is 4.79 Å². The summed E-state index contributed by atoms with van der Waals surface area (Å²) >= 11 is 3.37. The van der Waals surface area contributed by atoms with Gasteiger partial charge in [-0.25, -0.2) is 0 Å². The Morgan fingerprint density at radius 1 is 1.47 bits per heavy atom. The van der Waals surface area contributed by atoms with E-state index >= 15 is 0 Å². The van der Waals surface area contributed by atoms with E-state index in [-0.39, 0.29) is 11.7 Å². The third-order valence-electron chi connectivity index (χ3n) is 3.61. The highest BCUT2D eigenvalue weighted by Gasteiger charge is 2.26. The van der Waals surface area contributed by atoms with Crippen molar-refractivity contribution < 1.29 is 9.59 Å². The molecule has 0 aromatic heterocycles. The third kappa shape index (κ3) is 3.74. The highest BCUT2D eigenvalue weighted by molar-refractivity contribution is 9.10. The minimum atomic E-state index is 0.101. The maximum Gasteiger partial charge on any atom is 0.176 e. The fourth-order valence-corrected chi connectivity index (χ4v) is 2.83. The number of carbonyl (C=O) groups is 2. The molecule has 0 spiro atoms. The van der Waals surface area contributed by atoms with Gasteiger partial charge in [0.15, 0.2) is 5.78 Å². The summed E-state index contributed by atoms with van der Waals surface area (Å²) in [7, 11) is 0. The van der Waals surface area contributed by atoms with E-state index in [0.29, 0.717) is 25.3 Å². The molecule has 2 rings (SSSR count). The number of likely N-dealkylation sites (tertiary alicyclic amines) is 1. The first kappa shape index (κ1) is 14.4. The summed E-state index contributed by atoms with van der Waals surface area (Å²) in [6.45, 7) is 3.85. The van der Waals surface area contributed by atoms with Crippen LogP contribution in [0.4, 0.5) is 0 Å². The Balaban J connectivity index is 1.98. The Kier molecular flexibility index (Phi) is 4.88. The minimum absolute atomic E-state index is 0.101. The van der Waals surface area contributed by atoms with E-state index in [9.17, 15) is 9.59 Å². The van der Waals surface area contributed by atoms with Crippen LogP contribution in [0.5, 0.6) is 0 Å². The maximum absolute atomic E-state index is 12.2. The fraction of sp³-hybridized carbons (Fsp3) is 0.467. The number of piperidine rings is 1. The molecular formula is C15H18BrNO2. The van der Waals surface area contributed by atoms with Crippen LogP contribution in [0.15, 0.2) is 28.7 Å². The van der Waals surface area contributed by atoms with E-state index in [1.54, 1.807) is 0 Å². The Hall–Kier alpha value is -1.00. The number of halogens is 1. The monoisotopic (exact) mass is 323 g/mol. The van der Waals surface area contributed by atoms with Crippen LogP contribution in [0.25, 0.3) is 0 Å². The first-order valence-corrected chi connectivity index (χ1v) is 7.43. The van der Waals surface area contributed by atoms with E-state index in [2.05, 4.69) is 20.8 Å². The second-order valence-electron chi connectivity index (χ2n) is 4.99. The average Bonchev–Trinajstić information content (AvgIpc) is 2.41. The van der Waals surface area contributed by atoms with Crippen LogP contribution in [0.3, 0.4) is 0 Å². The number of ketones is 2. The SMILES string of the molecule is CCC1CN(CC(=O)c2cccc(Br)c2)CCC1=O. The second-order valence-corrected chi connectivity index (χ2v) is 5.91. The topological polar surface area (TPSA) is 37.4 Å². The normalized spacial score (nSPS) is 20.5. The predicted octanol–water partition coefficient (Wildman–Crippen LogP) is 2.93. The number of nitrogens with zero attached hydrogens (tertiary/aromatic N) is 1. The van der Waals surface area contributed by atoms with E-state index in [1.807, 2.05) is 31.2 Å². The van der Waals surface area contributed by atoms with E-state index < -0.39 is 0 Å². The molecule has 1 aromatic rings. The van der Waals surface area contributed by atoms with Crippen molar-refractivity contribution in [2.75, 3.05) is 19.6 Å². The minimum Gasteiger partial charge on any atom is -0.299 e. The fourth-order valence-electron chi connectivity index (χ4n) is 2.43. The molecule has 19 heavy (non-hydrogen) atoms. The molecule has 1 saturated heterocycles. The molecular weight excluding hydrogens is 306 g/mol. The zero-order valence-electron chi connectivity index (χ0n) is 11.1. The van der Waals surface area contributed by atoms with E-state index in [1.165, 1.54) is 0 Å². The number of hydrogen-bond donors (Lipinski definition) is 0. The summed E-state index contributed by atoms with van der Waals surface area (Å²) in [5.41, 5.74) is 0.722. The molecule has 0 saturated carbocycles. The van der Waals surface area contributed by atoms with Crippen LogP contribution in [0, 0.1) is 5.92 Å². The molecule has 0 amide bonds. The molecule has 4 heteroatoms. The molecule has 1 atom stereocenters. The quantitative estimate of drug-likeness (QED) is 0.799. The zero-order chi connectivity index (χ0) is 13.8. The van der Waals surface area contributed by atoms with Crippen molar-refractivity contribution in [3.63, 3.8) is 0 Å². The van der Waals surface area contributed by atoms with Gasteiger partial charge in [0.1, 0.15) is 5.78 Å². The van der Waals surface area contributed by atoms with Gasteiger partial charge in [0.25, 0.3) is 0 Å². The summed E-state index contributed by atoms with van der Waals surface area (Å²) in [6.07, 6.45) is 1.44. The Morgan fingerprint density at radius 2 is 2.26 bits per heavy atom. The van der Waals surface area contributed by atoms with Crippen LogP contribution in [0.2, 0.25) is 0 Å². The van der Waals surface area contributed by atoms with Gasteiger partial charge in [-0.3, -0.25) is 14.5 Å². The van der Waals surface area contributed by atoms with Crippen LogP contribution in [-0.4, -0.2) is 36.1 Å². The lowest BCUT2D eigenvalue weighted by atomic mass is 9.94. The van der Waals surface area contributed by atoms with Crippen molar-refractivity contribution >= 4 is 27.5 Å². The summed E-state index contributed by atoms with van der Waals surface area (Å²) in [4.78, 5) is 25.9. The van der Waals surface area contributed by atoms with Gasteiger partial charge in [-0.2, -0.15) is 0 Å². The first-order chi connectivity index (χ1) is 9.10. The predicted molar refractivity (Wildman–Crippen MR) is 78.3 cm³/mol. The van der Waals surface area contributed by atoms with Gasteiger partial charge in [0.2, 0.25) is 0 Å². The highest BCUT2D eigenvalue weighted by atomic mass is 79.9. The van der Waals surface area contributed by atoms with Crippen molar-refractivity contribution in [1.29, 1.82) is 0 Å². The van der Waals surface area contributed by atoms with Gasteiger partial charge in [0.05, 0.1) is 6.54 Å². The summed E-state index contributed by atoms with van der Waals surface area (Å²) in [5, 5.41) is 0. The molecule has 3 nitrogen and oxygen atoms in total. The average molecular weight is 324 g/mol. The van der Waals surface area contributed by atoms with Crippen LogP contribution >= 0.6 is 15.9 Å². The molecule has 1 unspecified atom stereocenters. The molecule has 102 valence electrons. The standard InChI is InChI=1S/C15H18BrNO2/c1-2-11-9-17(7-6-14(11)18)10-15(19)12-4-3-5-13(16)8-12/h3-5,8,11H,2,6-7,9-10H2,1H3. The van der Waals surface area contributed by atoms with E-state index in [0.717, 1.165) is 23.0 Å². The first-order valence-electron chi connectivity index (χ1n) is 6.64. The van der Waals surface area contributed by atoms with Crippen LogP contribution in [0.1, 0.15) is 30.1 Å². The second kappa shape index (κ2) is 6.44. The number of rotatable bonds is 4. The smallest absolute Gasteiger partial charge is 0.176 e. The molecule has 1 aliphatic heterocycles. The lowest BCUT2D eigenvalue weighted by Crippen LogP contribution is -2.42. The highest BCUT2D eigenvalue weighted by Crippen LogP contribution is 2.17. The Bertz CT molecular complexity index is 487. The molecule has 0 aliphatic carbocycles. The molecule has 1 fully saturated rings. The van der Waals surface area contributed by atoms with Gasteiger partial charge in [-0.15, -0.1) is 0 Å². The lowest BCUT2D eigenvalue weighted by Gasteiger charge is -2.30. The molecule has 0 radical (unpaired) electrons. The maximum atomic E-state index is 12.2. The largest absolute Gasteiger partial charge is 0.299 e. The van der Waals surface area contributed by atoms with Crippen LogP contribution < -0.4 is 0 Å². The van der Waals surface area contributed by atoms with Gasteiger partial charge in [0, 0.05) is 35.5 Å². The Morgan fingerprint density at radius 3 is 2.95 bits per heavy atom. The number of Topliss-reactive ketones (excluding diaryl/α,β-unsaturated/α-hetero) is 2. The van der Waals surface area contributed by atoms with Gasteiger partial charge in [-0.1, -0.05) is 35.0 Å². The lowest BCUT2D eigenvalue weighted by molar-refractivity contribution is -0.126. The molecule has 0 N–H and O–H groups in total. The number of carbonyl (C=O) groups excluding carboxylic acids is 2. The Labute approximate surface area is 122 Å². The van der Waals surface area contributed by atoms with E-state index in [4.69, 9.17) is 0 Å². The third-order valence-corrected chi connectivity index (χ3v) is 4.11. The summed E-state index contributed by atoms with van der Waals surface area (Å²) in [6, 6.07) is 7.45. The molecule has 1 aromatic carbocycles. The van der Waals surface area contributed by atoms with Crippen molar-refractivity contribution in [1.82, 2.24) is 4.90 Å². The summed E-state index contributed by atoms with van der Waals surface area (Å²) < 4.78 is 0.915. The van der Waals surface area contributed by atoms with Crippen molar-refractivity contribution in [3.05, 3.63) is 34.3 Å². The van der Waals surface area contributed by atoms with Crippen molar-refractivity contribution in [3.8, 4) is 0 Å². The molecule has 1 aliphatic rings. The van der Waals surface area contributed by atoms with Gasteiger partial charge < -0.3 is 0 Å². The molecule has 0 bridgehead atoms. The van der Waals surface area contributed by atoms with Crippen molar-refractivity contribution in [2.24, 2.45) is 5.92 Å². The number of hydrogen-bond acceptors (Lipinski definition) is 3. The van der Waals surface area contributed by atoms with Gasteiger partial charge in [-0.05, 0) is 18.6 Å². The molecule has 1 heterocycles.